The Bertz CT molecular complexity index is 1030. The van der Waals surface area contributed by atoms with Gasteiger partial charge in [0, 0.05) is 23.2 Å². The van der Waals surface area contributed by atoms with E-state index in [-0.39, 0.29) is 17.6 Å². The summed E-state index contributed by atoms with van der Waals surface area (Å²) in [6.07, 6.45) is -0.00468. The number of aryl methyl sites for hydroxylation is 1. The van der Waals surface area contributed by atoms with Crippen molar-refractivity contribution >= 4 is 22.6 Å². The minimum atomic E-state index is -0.578. The number of carbonyl (C=O) groups is 1. The Morgan fingerprint density at radius 1 is 1.12 bits per heavy atom. The van der Waals surface area contributed by atoms with E-state index in [1.165, 1.54) is 6.07 Å². The second-order valence-corrected chi connectivity index (χ2v) is 6.51. The smallest absolute Gasteiger partial charge is 0.337 e. The molecule has 0 aliphatic heterocycles. The van der Waals surface area contributed by atoms with Crippen LogP contribution in [0.1, 0.15) is 35.3 Å². The molecule has 0 atom stereocenters. The zero-order chi connectivity index (χ0) is 18.8. The van der Waals surface area contributed by atoms with Crippen molar-refractivity contribution < 1.29 is 13.9 Å². The molecule has 5 heteroatoms. The van der Waals surface area contributed by atoms with Crippen molar-refractivity contribution in [2.45, 2.75) is 33.8 Å². The molecule has 3 rings (SSSR count). The number of hydrogen-bond acceptors (Lipinski definition) is 4. The number of anilines is 1. The van der Waals surface area contributed by atoms with Crippen LogP contribution in [0, 0.1) is 13.8 Å². The van der Waals surface area contributed by atoms with Gasteiger partial charge in [0.05, 0.1) is 11.7 Å². The molecule has 1 heterocycles. The van der Waals surface area contributed by atoms with Crippen LogP contribution in [0.2, 0.25) is 0 Å². The van der Waals surface area contributed by atoms with Gasteiger partial charge in [0.2, 0.25) is 0 Å². The van der Waals surface area contributed by atoms with Crippen LogP contribution in [0.15, 0.2) is 51.7 Å². The van der Waals surface area contributed by atoms with E-state index in [0.29, 0.717) is 16.7 Å². The lowest BCUT2D eigenvalue weighted by molar-refractivity contribution is 0.102. The molecule has 5 nitrogen and oxygen atoms in total. The summed E-state index contributed by atoms with van der Waals surface area (Å²) >= 11 is 0. The molecular formula is C21H21NO4. The molecule has 0 fully saturated rings. The van der Waals surface area contributed by atoms with Gasteiger partial charge in [-0.3, -0.25) is 4.79 Å². The number of carbonyl (C=O) groups excluding carboxylic acids is 1. The molecule has 0 unspecified atom stereocenters. The van der Waals surface area contributed by atoms with Gasteiger partial charge in [0.25, 0.3) is 5.91 Å². The second-order valence-electron chi connectivity index (χ2n) is 6.51. The third-order valence-electron chi connectivity index (χ3n) is 4.19. The summed E-state index contributed by atoms with van der Waals surface area (Å²) in [6, 6.07) is 12.0. The molecule has 1 aromatic heterocycles. The highest BCUT2D eigenvalue weighted by Gasteiger charge is 2.15. The number of fused-ring (bicyclic) bond motifs is 1. The van der Waals surface area contributed by atoms with E-state index in [1.807, 2.05) is 45.9 Å². The largest absolute Gasteiger partial charge is 0.491 e. The summed E-state index contributed by atoms with van der Waals surface area (Å²) in [6.45, 7) is 7.74. The van der Waals surface area contributed by atoms with E-state index in [2.05, 4.69) is 5.32 Å². The van der Waals surface area contributed by atoms with Gasteiger partial charge in [-0.25, -0.2) is 4.79 Å². The molecule has 0 bridgehead atoms. The monoisotopic (exact) mass is 351 g/mol. The van der Waals surface area contributed by atoms with E-state index < -0.39 is 5.63 Å². The molecule has 3 aromatic rings. The third kappa shape index (κ3) is 3.61. The first-order valence-corrected chi connectivity index (χ1v) is 8.47. The van der Waals surface area contributed by atoms with Gasteiger partial charge >= 0.3 is 5.63 Å². The number of rotatable bonds is 4. The Hall–Kier alpha value is -3.08. The molecule has 0 saturated carbocycles. The quantitative estimate of drug-likeness (QED) is 0.705. The lowest BCUT2D eigenvalue weighted by Crippen LogP contribution is -2.16. The zero-order valence-electron chi connectivity index (χ0n) is 15.3. The Morgan fingerprint density at radius 2 is 1.88 bits per heavy atom. The van der Waals surface area contributed by atoms with Crippen molar-refractivity contribution in [3.63, 3.8) is 0 Å². The molecule has 1 amide bonds. The Morgan fingerprint density at radius 3 is 2.62 bits per heavy atom. The predicted molar refractivity (Wildman–Crippen MR) is 102 cm³/mol. The van der Waals surface area contributed by atoms with Crippen molar-refractivity contribution in [2.24, 2.45) is 0 Å². The summed E-state index contributed by atoms with van der Waals surface area (Å²) in [7, 11) is 0. The fourth-order valence-corrected chi connectivity index (χ4v) is 2.75. The van der Waals surface area contributed by atoms with Crippen molar-refractivity contribution in [3.8, 4) is 5.75 Å². The van der Waals surface area contributed by atoms with Crippen LogP contribution in [-0.4, -0.2) is 12.0 Å². The van der Waals surface area contributed by atoms with Gasteiger partial charge in [-0.2, -0.15) is 0 Å². The minimum Gasteiger partial charge on any atom is -0.491 e. The number of ether oxygens (including phenoxy) is 1. The van der Waals surface area contributed by atoms with Crippen molar-refractivity contribution in [2.75, 3.05) is 5.32 Å². The minimum absolute atomic E-state index is 0.00468. The number of amides is 1. The van der Waals surface area contributed by atoms with E-state index in [4.69, 9.17) is 9.15 Å². The van der Waals surface area contributed by atoms with Gasteiger partial charge in [0.1, 0.15) is 11.3 Å². The average Bonchev–Trinajstić information content (AvgIpc) is 2.57. The molecule has 0 radical (unpaired) electrons. The second kappa shape index (κ2) is 7.04. The van der Waals surface area contributed by atoms with E-state index in [9.17, 15) is 9.59 Å². The first kappa shape index (κ1) is 17.7. The van der Waals surface area contributed by atoms with Gasteiger partial charge < -0.3 is 14.5 Å². The summed E-state index contributed by atoms with van der Waals surface area (Å²) in [5.41, 5.74) is 2.80. The number of hydrogen-bond donors (Lipinski definition) is 1. The van der Waals surface area contributed by atoms with Crippen LogP contribution in [0.3, 0.4) is 0 Å². The highest BCUT2D eigenvalue weighted by Crippen LogP contribution is 2.25. The van der Waals surface area contributed by atoms with E-state index >= 15 is 0 Å². The van der Waals surface area contributed by atoms with Crippen molar-refractivity contribution in [1.82, 2.24) is 0 Å². The molecule has 26 heavy (non-hydrogen) atoms. The molecule has 134 valence electrons. The van der Waals surface area contributed by atoms with Gasteiger partial charge in [-0.15, -0.1) is 0 Å². The molecule has 2 aromatic carbocycles. The summed E-state index contributed by atoms with van der Waals surface area (Å²) in [5, 5.41) is 3.44. The van der Waals surface area contributed by atoms with Crippen molar-refractivity contribution in [3.05, 3.63) is 69.6 Å². The Balaban J connectivity index is 2.02. The SMILES string of the molecule is Cc1cccc(NC(=O)c2cc(=O)oc3cc(OC(C)C)ccc23)c1C. The maximum Gasteiger partial charge on any atom is 0.337 e. The van der Waals surface area contributed by atoms with E-state index in [0.717, 1.165) is 16.8 Å². The van der Waals surface area contributed by atoms with Gasteiger partial charge in [-0.05, 0) is 57.0 Å². The first-order valence-electron chi connectivity index (χ1n) is 8.47. The van der Waals surface area contributed by atoms with Crippen LogP contribution in [0.5, 0.6) is 5.75 Å². The zero-order valence-corrected chi connectivity index (χ0v) is 15.3. The standard InChI is InChI=1S/C21H21NO4/c1-12(2)25-15-8-9-16-17(11-20(23)26-19(16)10-15)21(24)22-18-7-5-6-13(3)14(18)4/h5-12H,1-4H3,(H,22,24). The summed E-state index contributed by atoms with van der Waals surface area (Å²) in [5.74, 6) is 0.233. The molecule has 0 aliphatic carbocycles. The average molecular weight is 351 g/mol. The van der Waals surface area contributed by atoms with Crippen LogP contribution in [0.25, 0.3) is 11.0 Å². The predicted octanol–water partition coefficient (Wildman–Crippen LogP) is 4.45. The van der Waals surface area contributed by atoms with E-state index in [1.54, 1.807) is 18.2 Å². The third-order valence-corrected chi connectivity index (χ3v) is 4.19. The number of benzene rings is 2. The van der Waals surface area contributed by atoms with Crippen LogP contribution in [-0.2, 0) is 0 Å². The molecule has 1 N–H and O–H groups in total. The van der Waals surface area contributed by atoms with Crippen LogP contribution in [0.4, 0.5) is 5.69 Å². The topological polar surface area (TPSA) is 68.5 Å². The van der Waals surface area contributed by atoms with Crippen molar-refractivity contribution in [1.29, 1.82) is 0 Å². The normalized spacial score (nSPS) is 11.0. The fraction of sp³-hybridized carbons (Fsp3) is 0.238. The molecule has 0 aliphatic rings. The Labute approximate surface area is 151 Å². The summed E-state index contributed by atoms with van der Waals surface area (Å²) in [4.78, 5) is 24.7. The Kier molecular flexibility index (Phi) is 4.80. The maximum absolute atomic E-state index is 12.8. The lowest BCUT2D eigenvalue weighted by atomic mass is 10.1. The fourth-order valence-electron chi connectivity index (χ4n) is 2.75. The highest BCUT2D eigenvalue weighted by molar-refractivity contribution is 6.12. The van der Waals surface area contributed by atoms with Crippen LogP contribution >= 0.6 is 0 Å². The lowest BCUT2D eigenvalue weighted by Gasteiger charge is -2.12. The van der Waals surface area contributed by atoms with Gasteiger partial charge in [-0.1, -0.05) is 12.1 Å². The molecular weight excluding hydrogens is 330 g/mol. The maximum atomic E-state index is 12.8. The molecule has 0 spiro atoms. The first-order chi connectivity index (χ1) is 12.3. The molecule has 0 saturated heterocycles. The van der Waals surface area contributed by atoms with Crippen LogP contribution < -0.4 is 15.7 Å². The summed E-state index contributed by atoms with van der Waals surface area (Å²) < 4.78 is 10.9. The number of nitrogens with one attached hydrogen (secondary N) is 1. The van der Waals surface area contributed by atoms with Gasteiger partial charge in [0.15, 0.2) is 0 Å². The highest BCUT2D eigenvalue weighted by atomic mass is 16.5.